The Bertz CT molecular complexity index is 362. The fraction of sp³-hybridized carbons (Fsp3) is 0.588. The molecule has 0 aromatic heterocycles. The Balaban J connectivity index is 3.07. The fourth-order valence-corrected chi connectivity index (χ4v) is 2.16. The minimum absolute atomic E-state index is 0.552. The Hall–Kier alpha value is -1.11. The van der Waals surface area contributed by atoms with Gasteiger partial charge in [-0.05, 0) is 34.9 Å². The van der Waals surface area contributed by atoms with E-state index in [1.807, 2.05) is 0 Å². The Morgan fingerprint density at radius 2 is 1.61 bits per heavy atom. The molecule has 100 valence electrons. The molecule has 0 aliphatic heterocycles. The van der Waals surface area contributed by atoms with Crippen molar-refractivity contribution in [2.75, 3.05) is 6.54 Å². The van der Waals surface area contributed by atoms with Crippen LogP contribution in [0.1, 0.15) is 76.0 Å². The van der Waals surface area contributed by atoms with Gasteiger partial charge in [0.25, 0.3) is 0 Å². The molecule has 0 unspecified atom stereocenters. The van der Waals surface area contributed by atoms with Crippen LogP contribution < -0.4 is 0 Å². The molecule has 1 aromatic rings. The highest BCUT2D eigenvalue weighted by molar-refractivity contribution is 5.84. The zero-order valence-electron chi connectivity index (χ0n) is 12.5. The van der Waals surface area contributed by atoms with E-state index in [2.05, 4.69) is 64.0 Å². The van der Waals surface area contributed by atoms with Crippen LogP contribution in [-0.4, -0.2) is 12.8 Å². The molecule has 0 bridgehead atoms. The predicted molar refractivity (Wildman–Crippen MR) is 82.0 cm³/mol. The van der Waals surface area contributed by atoms with Gasteiger partial charge >= 0.3 is 0 Å². The van der Waals surface area contributed by atoms with Crippen LogP contribution in [0.2, 0.25) is 0 Å². The third-order valence-corrected chi connectivity index (χ3v) is 3.28. The monoisotopic (exact) mass is 245 g/mol. The standard InChI is InChI=1S/C17H27N/c1-6-7-11-18-12-17-15(13(2)3)9-8-10-16(17)14(4)5/h8-10,12-14H,6-7,11H2,1-5H3/b18-12+. The van der Waals surface area contributed by atoms with E-state index in [1.165, 1.54) is 29.5 Å². The Morgan fingerprint density at radius 3 is 2.06 bits per heavy atom. The molecule has 0 saturated heterocycles. The highest BCUT2D eigenvalue weighted by Crippen LogP contribution is 2.26. The van der Waals surface area contributed by atoms with Gasteiger partial charge in [-0.3, -0.25) is 4.99 Å². The van der Waals surface area contributed by atoms with Crippen LogP contribution >= 0.6 is 0 Å². The van der Waals surface area contributed by atoms with Crippen molar-refractivity contribution in [3.8, 4) is 0 Å². The predicted octanol–water partition coefficient (Wildman–Crippen LogP) is 5.15. The van der Waals surface area contributed by atoms with E-state index in [4.69, 9.17) is 0 Å². The average molecular weight is 245 g/mol. The second-order valence-electron chi connectivity index (χ2n) is 5.55. The molecular formula is C17H27N. The molecule has 1 heteroatoms. The second-order valence-corrected chi connectivity index (χ2v) is 5.55. The molecule has 1 aromatic carbocycles. The summed E-state index contributed by atoms with van der Waals surface area (Å²) in [6, 6.07) is 6.64. The van der Waals surface area contributed by atoms with Crippen molar-refractivity contribution < 1.29 is 0 Å². The summed E-state index contributed by atoms with van der Waals surface area (Å²) < 4.78 is 0. The smallest absolute Gasteiger partial charge is 0.0389 e. The lowest BCUT2D eigenvalue weighted by Gasteiger charge is -2.16. The van der Waals surface area contributed by atoms with Crippen LogP contribution in [-0.2, 0) is 0 Å². The van der Waals surface area contributed by atoms with E-state index in [1.54, 1.807) is 0 Å². The highest BCUT2D eigenvalue weighted by Gasteiger charge is 2.11. The molecule has 0 N–H and O–H groups in total. The van der Waals surface area contributed by atoms with Gasteiger partial charge in [0.15, 0.2) is 0 Å². The molecule has 0 radical (unpaired) electrons. The van der Waals surface area contributed by atoms with Crippen molar-refractivity contribution >= 4 is 6.21 Å². The van der Waals surface area contributed by atoms with Crippen molar-refractivity contribution in [2.45, 2.75) is 59.3 Å². The van der Waals surface area contributed by atoms with Gasteiger partial charge in [0, 0.05) is 12.8 Å². The average Bonchev–Trinajstić information content (AvgIpc) is 2.34. The molecule has 1 nitrogen and oxygen atoms in total. The summed E-state index contributed by atoms with van der Waals surface area (Å²) in [5, 5.41) is 0. The Kier molecular flexibility index (Phi) is 6.11. The number of unbranched alkanes of at least 4 members (excludes halogenated alkanes) is 1. The molecule has 0 aliphatic rings. The number of hydrogen-bond donors (Lipinski definition) is 0. The molecule has 0 amide bonds. The van der Waals surface area contributed by atoms with Crippen molar-refractivity contribution in [1.82, 2.24) is 0 Å². The zero-order valence-corrected chi connectivity index (χ0v) is 12.5. The Labute approximate surface area is 112 Å². The molecule has 0 spiro atoms. The van der Waals surface area contributed by atoms with Crippen LogP contribution in [0.3, 0.4) is 0 Å². The highest BCUT2D eigenvalue weighted by atomic mass is 14.7. The summed E-state index contributed by atoms with van der Waals surface area (Å²) in [6.07, 6.45) is 4.48. The summed E-state index contributed by atoms with van der Waals surface area (Å²) >= 11 is 0. The SMILES string of the molecule is CCCC/N=C/c1c(C(C)C)cccc1C(C)C. The first-order valence-electron chi connectivity index (χ1n) is 7.20. The van der Waals surface area contributed by atoms with E-state index in [9.17, 15) is 0 Å². The quantitative estimate of drug-likeness (QED) is 0.485. The van der Waals surface area contributed by atoms with E-state index in [0.717, 1.165) is 6.54 Å². The van der Waals surface area contributed by atoms with E-state index >= 15 is 0 Å². The third-order valence-electron chi connectivity index (χ3n) is 3.28. The van der Waals surface area contributed by atoms with Gasteiger partial charge < -0.3 is 0 Å². The van der Waals surface area contributed by atoms with E-state index in [0.29, 0.717) is 11.8 Å². The van der Waals surface area contributed by atoms with E-state index < -0.39 is 0 Å². The number of aliphatic imine (C=N–C) groups is 1. The molecule has 18 heavy (non-hydrogen) atoms. The van der Waals surface area contributed by atoms with Crippen LogP contribution in [0.15, 0.2) is 23.2 Å². The molecule has 0 atom stereocenters. The molecule has 0 saturated carbocycles. The van der Waals surface area contributed by atoms with Crippen LogP contribution in [0, 0.1) is 0 Å². The maximum absolute atomic E-state index is 4.59. The third kappa shape index (κ3) is 3.97. The van der Waals surface area contributed by atoms with Crippen LogP contribution in [0.5, 0.6) is 0 Å². The lowest BCUT2D eigenvalue weighted by Crippen LogP contribution is -2.03. The van der Waals surface area contributed by atoms with Crippen LogP contribution in [0.25, 0.3) is 0 Å². The van der Waals surface area contributed by atoms with Crippen molar-refractivity contribution in [3.63, 3.8) is 0 Å². The summed E-state index contributed by atoms with van der Waals surface area (Å²) in [7, 11) is 0. The van der Waals surface area contributed by atoms with Crippen molar-refractivity contribution in [3.05, 3.63) is 34.9 Å². The summed E-state index contributed by atoms with van der Waals surface area (Å²) in [4.78, 5) is 4.59. The first-order chi connectivity index (χ1) is 8.57. The molecule has 0 fully saturated rings. The number of rotatable bonds is 6. The second kappa shape index (κ2) is 7.35. The van der Waals surface area contributed by atoms with Gasteiger partial charge in [-0.2, -0.15) is 0 Å². The first-order valence-corrected chi connectivity index (χ1v) is 7.20. The van der Waals surface area contributed by atoms with Crippen LogP contribution in [0.4, 0.5) is 0 Å². The van der Waals surface area contributed by atoms with Gasteiger partial charge in [-0.1, -0.05) is 59.2 Å². The minimum atomic E-state index is 0.552. The van der Waals surface area contributed by atoms with Crippen molar-refractivity contribution in [1.29, 1.82) is 0 Å². The molecular weight excluding hydrogens is 218 g/mol. The molecule has 0 heterocycles. The number of benzene rings is 1. The lowest BCUT2D eigenvalue weighted by molar-refractivity contribution is 0.807. The topological polar surface area (TPSA) is 12.4 Å². The fourth-order valence-electron chi connectivity index (χ4n) is 2.16. The van der Waals surface area contributed by atoms with Gasteiger partial charge in [-0.15, -0.1) is 0 Å². The van der Waals surface area contributed by atoms with Gasteiger partial charge in [0.1, 0.15) is 0 Å². The lowest BCUT2D eigenvalue weighted by atomic mass is 9.89. The van der Waals surface area contributed by atoms with Gasteiger partial charge in [0.2, 0.25) is 0 Å². The van der Waals surface area contributed by atoms with Gasteiger partial charge in [0.05, 0.1) is 0 Å². The number of nitrogens with zero attached hydrogens (tertiary/aromatic N) is 1. The van der Waals surface area contributed by atoms with E-state index in [-0.39, 0.29) is 0 Å². The summed E-state index contributed by atoms with van der Waals surface area (Å²) in [6.45, 7) is 12.2. The summed E-state index contributed by atoms with van der Waals surface area (Å²) in [5.41, 5.74) is 4.18. The maximum Gasteiger partial charge on any atom is 0.0389 e. The zero-order chi connectivity index (χ0) is 13.5. The molecule has 1 rings (SSSR count). The largest absolute Gasteiger partial charge is 0.293 e. The summed E-state index contributed by atoms with van der Waals surface area (Å²) in [5.74, 6) is 1.10. The first kappa shape index (κ1) is 14.9. The Morgan fingerprint density at radius 1 is 1.06 bits per heavy atom. The molecule has 0 aliphatic carbocycles. The normalized spacial score (nSPS) is 11.9. The van der Waals surface area contributed by atoms with Gasteiger partial charge in [-0.25, -0.2) is 0 Å². The van der Waals surface area contributed by atoms with Crippen molar-refractivity contribution in [2.24, 2.45) is 4.99 Å². The number of hydrogen-bond acceptors (Lipinski definition) is 1. The minimum Gasteiger partial charge on any atom is -0.293 e. The maximum atomic E-state index is 4.59.